The first-order valence-electron chi connectivity index (χ1n) is 9.68. The molecule has 0 spiro atoms. The Hall–Kier alpha value is -4.19. The number of phenolic OH excluding ortho intramolecular Hbond substituents is 1. The molecule has 12 heteroatoms. The maximum absolute atomic E-state index is 13.3. The molecule has 1 saturated heterocycles. The Morgan fingerprint density at radius 1 is 1.18 bits per heavy atom. The van der Waals surface area contributed by atoms with Crippen LogP contribution in [0.25, 0.3) is 5.69 Å². The molecule has 1 aliphatic heterocycles. The summed E-state index contributed by atoms with van der Waals surface area (Å²) in [4.78, 5) is 37.5. The number of nitro groups is 1. The topological polar surface area (TPSA) is 135 Å². The van der Waals surface area contributed by atoms with Crippen molar-refractivity contribution in [2.75, 3.05) is 10.7 Å². The molecular formula is C21H18N6O5S. The third-order valence-corrected chi connectivity index (χ3v) is 5.99. The van der Waals surface area contributed by atoms with Crippen molar-refractivity contribution in [1.29, 1.82) is 0 Å². The number of para-hydroxylation sites is 1. The van der Waals surface area contributed by atoms with Crippen molar-refractivity contribution >= 4 is 40.4 Å². The van der Waals surface area contributed by atoms with E-state index in [0.29, 0.717) is 11.4 Å². The van der Waals surface area contributed by atoms with Crippen LogP contribution in [0.2, 0.25) is 0 Å². The highest BCUT2D eigenvalue weighted by Crippen LogP contribution is 2.28. The number of aromatic nitrogens is 2. The third-order valence-electron chi connectivity index (χ3n) is 5.07. The summed E-state index contributed by atoms with van der Waals surface area (Å²) in [6, 6.07) is 12.6. The number of amides is 1. The molecule has 0 radical (unpaired) electrons. The van der Waals surface area contributed by atoms with Crippen molar-refractivity contribution in [3.05, 3.63) is 80.3 Å². The molecule has 2 heterocycles. The van der Waals surface area contributed by atoms with Crippen LogP contribution in [0.15, 0.2) is 63.5 Å². The van der Waals surface area contributed by atoms with Crippen molar-refractivity contribution in [2.45, 2.75) is 6.92 Å². The number of carbonyl (C=O) groups excluding carboxylic acids is 1. The van der Waals surface area contributed by atoms with E-state index in [1.165, 1.54) is 21.7 Å². The van der Waals surface area contributed by atoms with Gasteiger partial charge in [0.1, 0.15) is 11.4 Å². The Morgan fingerprint density at radius 2 is 1.91 bits per heavy atom. The molecule has 1 amide bonds. The minimum Gasteiger partial charge on any atom is -0.507 e. The van der Waals surface area contributed by atoms with Gasteiger partial charge < -0.3 is 5.11 Å². The minimum absolute atomic E-state index is 0.0789. The molecule has 168 valence electrons. The molecule has 1 fully saturated rings. The summed E-state index contributed by atoms with van der Waals surface area (Å²) in [6.07, 6.45) is 1.15. The monoisotopic (exact) mass is 466 g/mol. The zero-order valence-electron chi connectivity index (χ0n) is 17.6. The van der Waals surface area contributed by atoms with Crippen LogP contribution in [0.1, 0.15) is 11.3 Å². The lowest BCUT2D eigenvalue weighted by atomic mass is 10.2. The summed E-state index contributed by atoms with van der Waals surface area (Å²) in [7, 11) is 1.72. The van der Waals surface area contributed by atoms with Crippen LogP contribution in [0, 0.1) is 17.0 Å². The van der Waals surface area contributed by atoms with Gasteiger partial charge in [0.05, 0.1) is 28.3 Å². The number of phenols is 1. The number of hydrogen-bond acceptors (Lipinski definition) is 8. The molecule has 33 heavy (non-hydrogen) atoms. The summed E-state index contributed by atoms with van der Waals surface area (Å²) in [5.74, 6) is -0.449. The highest BCUT2D eigenvalue weighted by Gasteiger charge is 2.35. The van der Waals surface area contributed by atoms with Gasteiger partial charge in [-0.1, -0.05) is 30.0 Å². The number of hydrogen-bond donors (Lipinski definition) is 1. The van der Waals surface area contributed by atoms with Gasteiger partial charge in [-0.2, -0.15) is 5.10 Å². The van der Waals surface area contributed by atoms with E-state index in [2.05, 4.69) is 10.2 Å². The largest absolute Gasteiger partial charge is 0.507 e. The maximum atomic E-state index is 13.3. The van der Waals surface area contributed by atoms with Gasteiger partial charge in [0.25, 0.3) is 11.2 Å². The molecule has 0 aliphatic carbocycles. The van der Waals surface area contributed by atoms with Crippen LogP contribution >= 0.6 is 11.8 Å². The average Bonchev–Trinajstić information content (AvgIpc) is 3.25. The van der Waals surface area contributed by atoms with Gasteiger partial charge in [-0.25, -0.2) is 9.58 Å². The van der Waals surface area contributed by atoms with Crippen molar-refractivity contribution in [3.8, 4) is 11.4 Å². The molecule has 0 saturated carbocycles. The molecule has 3 aromatic rings. The molecule has 1 aliphatic rings. The second kappa shape index (κ2) is 8.74. The SMILES string of the molecule is Cc1c(N2C(=O)CS/C2=N/N=C/c2cc([N+](=O)[O-])ccc2O)c(=O)n(-c2ccccc2)n1C. The van der Waals surface area contributed by atoms with Gasteiger partial charge in [0, 0.05) is 24.7 Å². The Morgan fingerprint density at radius 3 is 2.61 bits per heavy atom. The van der Waals surface area contributed by atoms with Crippen LogP contribution in [-0.2, 0) is 11.8 Å². The van der Waals surface area contributed by atoms with Crippen LogP contribution < -0.4 is 10.5 Å². The zero-order chi connectivity index (χ0) is 23.7. The third kappa shape index (κ3) is 4.03. The second-order valence-corrected chi connectivity index (χ2v) is 8.00. The van der Waals surface area contributed by atoms with E-state index in [1.807, 2.05) is 18.2 Å². The lowest BCUT2D eigenvalue weighted by Crippen LogP contribution is -2.34. The first-order chi connectivity index (χ1) is 15.8. The first-order valence-corrected chi connectivity index (χ1v) is 10.7. The number of rotatable bonds is 5. The Balaban J connectivity index is 1.72. The fraction of sp³-hybridized carbons (Fsp3) is 0.143. The Kier molecular flexibility index (Phi) is 5.84. The standard InChI is InChI=1S/C21H18N6O5S/c1-13-19(20(30)26(24(13)2)15-6-4-3-5-7-15)25-18(29)12-33-21(25)23-22-11-14-10-16(27(31)32)8-9-17(14)28/h3-11,28H,12H2,1-2H3/b22-11+,23-21+. The van der Waals surface area contributed by atoms with Crippen LogP contribution in [0.5, 0.6) is 5.75 Å². The minimum atomic E-state index is -0.591. The number of carbonyl (C=O) groups is 1. The van der Waals surface area contributed by atoms with Crippen molar-refractivity contribution in [3.63, 3.8) is 0 Å². The average molecular weight is 466 g/mol. The van der Waals surface area contributed by atoms with E-state index >= 15 is 0 Å². The van der Waals surface area contributed by atoms with Crippen LogP contribution in [0.4, 0.5) is 11.4 Å². The van der Waals surface area contributed by atoms with E-state index in [0.717, 1.165) is 24.0 Å². The normalized spacial score (nSPS) is 15.2. The van der Waals surface area contributed by atoms with Crippen molar-refractivity contribution in [2.24, 2.45) is 17.3 Å². The van der Waals surface area contributed by atoms with E-state index in [4.69, 9.17) is 0 Å². The number of aromatic hydroxyl groups is 1. The van der Waals surface area contributed by atoms with E-state index in [-0.39, 0.29) is 45.1 Å². The summed E-state index contributed by atoms with van der Waals surface area (Å²) in [6.45, 7) is 1.73. The van der Waals surface area contributed by atoms with Gasteiger partial charge in [0.2, 0.25) is 5.91 Å². The summed E-state index contributed by atoms with van der Waals surface area (Å²) in [5, 5.41) is 29.0. The Bertz CT molecular complexity index is 1380. The molecule has 0 bridgehead atoms. The predicted molar refractivity (Wildman–Crippen MR) is 125 cm³/mol. The van der Waals surface area contributed by atoms with Crippen molar-refractivity contribution < 1.29 is 14.8 Å². The van der Waals surface area contributed by atoms with Gasteiger partial charge >= 0.3 is 0 Å². The van der Waals surface area contributed by atoms with E-state index < -0.39 is 4.92 Å². The van der Waals surface area contributed by atoms with Gasteiger partial charge in [-0.15, -0.1) is 5.10 Å². The number of anilines is 1. The first kappa shape index (κ1) is 22.0. The highest BCUT2D eigenvalue weighted by molar-refractivity contribution is 8.15. The number of thioether (sulfide) groups is 1. The summed E-state index contributed by atoms with van der Waals surface area (Å²) >= 11 is 1.11. The molecule has 0 atom stereocenters. The number of non-ortho nitro benzene ring substituents is 1. The number of benzene rings is 2. The number of nitrogens with zero attached hydrogens (tertiary/aromatic N) is 6. The van der Waals surface area contributed by atoms with Crippen LogP contribution in [-0.4, -0.2) is 42.4 Å². The predicted octanol–water partition coefficient (Wildman–Crippen LogP) is 2.57. The van der Waals surface area contributed by atoms with E-state index in [9.17, 15) is 24.8 Å². The molecule has 11 nitrogen and oxygen atoms in total. The quantitative estimate of drug-likeness (QED) is 0.349. The number of nitro benzene ring substituents is 1. The van der Waals surface area contributed by atoms with Crippen molar-refractivity contribution in [1.82, 2.24) is 9.36 Å². The zero-order valence-corrected chi connectivity index (χ0v) is 18.4. The molecular weight excluding hydrogens is 448 g/mol. The summed E-state index contributed by atoms with van der Waals surface area (Å²) in [5.41, 5.74) is 0.879. The van der Waals surface area contributed by atoms with E-state index in [1.54, 1.807) is 30.8 Å². The fourth-order valence-electron chi connectivity index (χ4n) is 3.37. The molecule has 2 aromatic carbocycles. The lowest BCUT2D eigenvalue weighted by Gasteiger charge is -2.13. The highest BCUT2D eigenvalue weighted by atomic mass is 32.2. The summed E-state index contributed by atoms with van der Waals surface area (Å²) < 4.78 is 3.12. The van der Waals surface area contributed by atoms with Crippen LogP contribution in [0.3, 0.4) is 0 Å². The fourth-order valence-corrected chi connectivity index (χ4v) is 4.18. The van der Waals surface area contributed by atoms with Gasteiger partial charge in [-0.05, 0) is 25.1 Å². The smallest absolute Gasteiger partial charge is 0.296 e. The maximum Gasteiger partial charge on any atom is 0.296 e. The van der Waals surface area contributed by atoms with Gasteiger partial charge in [0.15, 0.2) is 5.17 Å². The van der Waals surface area contributed by atoms with Gasteiger partial charge in [-0.3, -0.25) is 24.4 Å². The Labute approximate surface area is 191 Å². The molecule has 1 aromatic heterocycles. The molecule has 0 unspecified atom stereocenters. The molecule has 4 rings (SSSR count). The second-order valence-electron chi connectivity index (χ2n) is 7.06. The lowest BCUT2D eigenvalue weighted by molar-refractivity contribution is -0.384. The molecule has 1 N–H and O–H groups in total. The number of amidine groups is 1.